The van der Waals surface area contributed by atoms with Crippen molar-refractivity contribution in [3.05, 3.63) is 46.9 Å². The lowest BCUT2D eigenvalue weighted by Gasteiger charge is -2.17. The minimum Gasteiger partial charge on any atom is -0.497 e. The summed E-state index contributed by atoms with van der Waals surface area (Å²) in [5, 5.41) is 14.7. The van der Waals surface area contributed by atoms with Crippen LogP contribution < -0.4 is 9.47 Å². The highest BCUT2D eigenvalue weighted by molar-refractivity contribution is 5.71. The summed E-state index contributed by atoms with van der Waals surface area (Å²) < 4.78 is 10.8. The third kappa shape index (κ3) is 4.14. The number of hydrogen-bond donors (Lipinski definition) is 2. The van der Waals surface area contributed by atoms with E-state index in [1.165, 1.54) is 5.56 Å². The number of ether oxygens (including phenoxy) is 2. The molecule has 0 atom stereocenters. The van der Waals surface area contributed by atoms with Crippen molar-refractivity contribution < 1.29 is 9.47 Å². The molecule has 7 nitrogen and oxygen atoms in total. The number of H-pyrrole nitrogens is 2. The highest BCUT2D eigenvalue weighted by Crippen LogP contribution is 2.34. The van der Waals surface area contributed by atoms with Gasteiger partial charge in [0.2, 0.25) is 0 Å². The molecular weight excluding hydrogens is 342 g/mol. The van der Waals surface area contributed by atoms with Gasteiger partial charge in [0.15, 0.2) is 0 Å². The number of methoxy groups -OCH3 is 2. The molecule has 0 aliphatic rings. The first-order chi connectivity index (χ1) is 13.0. The topological polar surface area (TPSA) is 79.1 Å². The molecule has 3 aromatic rings. The Labute approximate surface area is 159 Å². The quantitative estimate of drug-likeness (QED) is 0.638. The normalized spacial score (nSPS) is 11.2. The molecule has 0 unspecified atom stereocenters. The van der Waals surface area contributed by atoms with Gasteiger partial charge in [-0.3, -0.25) is 10.2 Å². The molecule has 0 radical (unpaired) electrons. The Hall–Kier alpha value is -2.80. The van der Waals surface area contributed by atoms with E-state index >= 15 is 0 Å². The van der Waals surface area contributed by atoms with Crippen LogP contribution in [-0.2, 0) is 13.0 Å². The standard InChI is InChI=1S/C20H27N5O2/c1-13-17(14(2)23-22-13)8-9-25(3)12-15-11-21-24-20(15)18-7-6-16(26-4)10-19(18)27-5/h6-7,10-11H,8-9,12H2,1-5H3,(H,21,24)(H,22,23). The van der Waals surface area contributed by atoms with Gasteiger partial charge in [0, 0.05) is 36.0 Å². The largest absolute Gasteiger partial charge is 0.497 e. The lowest BCUT2D eigenvalue weighted by molar-refractivity contribution is 0.331. The summed E-state index contributed by atoms with van der Waals surface area (Å²) in [7, 11) is 5.43. The van der Waals surface area contributed by atoms with E-state index in [9.17, 15) is 0 Å². The fourth-order valence-electron chi connectivity index (χ4n) is 3.28. The molecule has 27 heavy (non-hydrogen) atoms. The number of hydrogen-bond acceptors (Lipinski definition) is 5. The van der Waals surface area contributed by atoms with Gasteiger partial charge in [-0.1, -0.05) is 0 Å². The predicted octanol–water partition coefficient (Wildman–Crippen LogP) is 3.11. The summed E-state index contributed by atoms with van der Waals surface area (Å²) in [6, 6.07) is 5.80. The van der Waals surface area contributed by atoms with Crippen molar-refractivity contribution in [2.75, 3.05) is 27.8 Å². The van der Waals surface area contributed by atoms with Crippen molar-refractivity contribution in [3.8, 4) is 22.8 Å². The third-order valence-corrected chi connectivity index (χ3v) is 4.86. The zero-order valence-corrected chi connectivity index (χ0v) is 16.6. The maximum absolute atomic E-state index is 5.54. The van der Waals surface area contributed by atoms with Gasteiger partial charge in [0.05, 0.1) is 31.8 Å². The van der Waals surface area contributed by atoms with Crippen molar-refractivity contribution >= 4 is 0 Å². The second-order valence-electron chi connectivity index (χ2n) is 6.74. The van der Waals surface area contributed by atoms with Crippen molar-refractivity contribution in [2.24, 2.45) is 0 Å². The van der Waals surface area contributed by atoms with E-state index in [-0.39, 0.29) is 0 Å². The predicted molar refractivity (Wildman–Crippen MR) is 105 cm³/mol. The van der Waals surface area contributed by atoms with Crippen LogP contribution in [0, 0.1) is 13.8 Å². The van der Waals surface area contributed by atoms with Crippen molar-refractivity contribution in [2.45, 2.75) is 26.8 Å². The van der Waals surface area contributed by atoms with Gasteiger partial charge >= 0.3 is 0 Å². The van der Waals surface area contributed by atoms with E-state index in [0.717, 1.165) is 59.2 Å². The first-order valence-corrected chi connectivity index (χ1v) is 8.97. The van der Waals surface area contributed by atoms with E-state index in [1.807, 2.05) is 31.3 Å². The van der Waals surface area contributed by atoms with E-state index in [0.29, 0.717) is 0 Å². The number of aryl methyl sites for hydroxylation is 2. The molecule has 1 aromatic carbocycles. The fraction of sp³-hybridized carbons (Fsp3) is 0.400. The van der Waals surface area contributed by atoms with Crippen LogP contribution >= 0.6 is 0 Å². The van der Waals surface area contributed by atoms with Crippen LogP contribution in [0.5, 0.6) is 11.5 Å². The molecule has 0 aliphatic heterocycles. The van der Waals surface area contributed by atoms with E-state index in [2.05, 4.69) is 39.3 Å². The summed E-state index contributed by atoms with van der Waals surface area (Å²) in [5.74, 6) is 1.52. The highest BCUT2D eigenvalue weighted by Gasteiger charge is 2.15. The van der Waals surface area contributed by atoms with Crippen LogP contribution in [-0.4, -0.2) is 53.1 Å². The second kappa shape index (κ2) is 8.26. The molecule has 0 amide bonds. The zero-order valence-electron chi connectivity index (χ0n) is 16.6. The number of nitrogens with zero attached hydrogens (tertiary/aromatic N) is 3. The van der Waals surface area contributed by atoms with Gasteiger partial charge in [-0.25, -0.2) is 0 Å². The lowest BCUT2D eigenvalue weighted by atomic mass is 10.1. The van der Waals surface area contributed by atoms with Gasteiger partial charge < -0.3 is 14.4 Å². The van der Waals surface area contributed by atoms with Gasteiger partial charge in [0.1, 0.15) is 11.5 Å². The summed E-state index contributed by atoms with van der Waals surface area (Å²) in [4.78, 5) is 2.29. The van der Waals surface area contributed by atoms with Gasteiger partial charge in [-0.15, -0.1) is 0 Å². The fourth-order valence-corrected chi connectivity index (χ4v) is 3.28. The minimum absolute atomic E-state index is 0.757. The molecule has 0 saturated heterocycles. The Bertz CT molecular complexity index is 880. The SMILES string of the molecule is COc1ccc(-c2[nH]ncc2CN(C)CCc2c(C)n[nH]c2C)c(OC)c1. The van der Waals surface area contributed by atoms with Gasteiger partial charge in [-0.05, 0) is 45.0 Å². The Morgan fingerprint density at radius 1 is 1.11 bits per heavy atom. The van der Waals surface area contributed by atoms with Crippen LogP contribution in [0.2, 0.25) is 0 Å². The Balaban J connectivity index is 1.73. The molecule has 0 bridgehead atoms. The number of rotatable bonds is 8. The molecule has 7 heteroatoms. The summed E-state index contributed by atoms with van der Waals surface area (Å²) >= 11 is 0. The van der Waals surface area contributed by atoms with E-state index in [1.54, 1.807) is 14.2 Å². The van der Waals surface area contributed by atoms with Crippen molar-refractivity contribution in [1.82, 2.24) is 25.3 Å². The monoisotopic (exact) mass is 369 g/mol. The summed E-state index contributed by atoms with van der Waals surface area (Å²) in [6.45, 7) is 5.84. The van der Waals surface area contributed by atoms with E-state index in [4.69, 9.17) is 9.47 Å². The first kappa shape index (κ1) is 19.0. The molecule has 2 heterocycles. The first-order valence-electron chi connectivity index (χ1n) is 8.97. The van der Waals surface area contributed by atoms with Crippen LogP contribution in [0.4, 0.5) is 0 Å². The van der Waals surface area contributed by atoms with Crippen LogP contribution in [0.15, 0.2) is 24.4 Å². The molecule has 2 aromatic heterocycles. The molecule has 0 aliphatic carbocycles. The third-order valence-electron chi connectivity index (χ3n) is 4.86. The van der Waals surface area contributed by atoms with Crippen LogP contribution in [0.3, 0.4) is 0 Å². The molecule has 0 spiro atoms. The average Bonchev–Trinajstić information content (AvgIpc) is 3.25. The molecule has 0 fully saturated rings. The van der Waals surface area contributed by atoms with Crippen LogP contribution in [0.1, 0.15) is 22.5 Å². The average molecular weight is 369 g/mol. The molecule has 3 rings (SSSR count). The number of nitrogens with one attached hydrogen (secondary N) is 2. The lowest BCUT2D eigenvalue weighted by Crippen LogP contribution is -2.21. The number of aromatic nitrogens is 4. The Morgan fingerprint density at radius 3 is 2.59 bits per heavy atom. The number of likely N-dealkylation sites (N-methyl/N-ethyl adjacent to an activating group) is 1. The van der Waals surface area contributed by atoms with Gasteiger partial charge in [-0.2, -0.15) is 10.2 Å². The Kier molecular flexibility index (Phi) is 5.81. The van der Waals surface area contributed by atoms with Gasteiger partial charge in [0.25, 0.3) is 0 Å². The number of benzene rings is 1. The summed E-state index contributed by atoms with van der Waals surface area (Å²) in [5.41, 5.74) is 6.59. The van der Waals surface area contributed by atoms with Crippen molar-refractivity contribution in [3.63, 3.8) is 0 Å². The minimum atomic E-state index is 0.757. The second-order valence-corrected chi connectivity index (χ2v) is 6.74. The number of aromatic amines is 2. The molecule has 144 valence electrons. The smallest absolute Gasteiger partial charge is 0.131 e. The molecular formula is C20H27N5O2. The molecule has 2 N–H and O–H groups in total. The zero-order chi connectivity index (χ0) is 19.4. The maximum atomic E-state index is 5.54. The van der Waals surface area contributed by atoms with E-state index < -0.39 is 0 Å². The Morgan fingerprint density at radius 2 is 1.93 bits per heavy atom. The maximum Gasteiger partial charge on any atom is 0.131 e. The van der Waals surface area contributed by atoms with Crippen molar-refractivity contribution in [1.29, 1.82) is 0 Å². The highest BCUT2D eigenvalue weighted by atomic mass is 16.5. The van der Waals surface area contributed by atoms with Crippen LogP contribution in [0.25, 0.3) is 11.3 Å². The summed E-state index contributed by atoms with van der Waals surface area (Å²) in [6.07, 6.45) is 2.84. The molecule has 0 saturated carbocycles.